The summed E-state index contributed by atoms with van der Waals surface area (Å²) in [7, 11) is -3.50. The fourth-order valence-electron chi connectivity index (χ4n) is 2.65. The van der Waals surface area contributed by atoms with Crippen LogP contribution in [0.2, 0.25) is 0 Å². The fraction of sp³-hybridized carbons (Fsp3) is 0.176. The van der Waals surface area contributed by atoms with Crippen LogP contribution in [0.1, 0.15) is 17.9 Å². The number of thiophene rings is 1. The van der Waals surface area contributed by atoms with Crippen molar-refractivity contribution in [2.24, 2.45) is 0 Å². The van der Waals surface area contributed by atoms with Crippen LogP contribution in [-0.2, 0) is 10.0 Å². The van der Waals surface area contributed by atoms with E-state index in [1.54, 1.807) is 29.2 Å². The maximum atomic E-state index is 12.6. The number of hydrogen-bond donors (Lipinski definition) is 3. The van der Waals surface area contributed by atoms with E-state index in [0.29, 0.717) is 4.21 Å². The molecule has 0 spiro atoms. The molecule has 1 fully saturated rings. The molecule has 1 saturated carbocycles. The van der Waals surface area contributed by atoms with Gasteiger partial charge in [0.25, 0.3) is 0 Å². The first kappa shape index (κ1) is 20.5. The standard InChI is InChI=1S/C16H14BrN3O2S2.CH2O3/c17-12-9-18-20(10-12)15-6-7-16(23-15)24(21,22)19-14-8-13(14)11-4-2-1-3-5-11;2-1(3)4/h1-7,9-10,13-14,19H,8H2;(H2,2,3,4)/t13-,14+;/m1./s1. The van der Waals surface area contributed by atoms with Crippen molar-refractivity contribution in [1.29, 1.82) is 0 Å². The van der Waals surface area contributed by atoms with Crippen molar-refractivity contribution in [2.75, 3.05) is 0 Å². The van der Waals surface area contributed by atoms with E-state index in [-0.39, 0.29) is 12.0 Å². The molecule has 0 radical (unpaired) electrons. The van der Waals surface area contributed by atoms with Gasteiger partial charge in [-0.25, -0.2) is 22.6 Å². The van der Waals surface area contributed by atoms with Gasteiger partial charge in [-0.3, -0.25) is 0 Å². The SMILES string of the molecule is O=C(O)O.O=S(=O)(N[C@H]1C[C@@H]1c1ccccc1)c1ccc(-n2cc(Br)cn2)s1. The highest BCUT2D eigenvalue weighted by Gasteiger charge is 2.41. The number of nitrogens with zero attached hydrogens (tertiary/aromatic N) is 2. The Balaban J connectivity index is 0.000000516. The summed E-state index contributed by atoms with van der Waals surface area (Å²) in [5.41, 5.74) is 1.18. The Morgan fingerprint density at radius 3 is 2.50 bits per heavy atom. The molecule has 2 atom stereocenters. The van der Waals surface area contributed by atoms with E-state index in [1.165, 1.54) is 16.9 Å². The predicted molar refractivity (Wildman–Crippen MR) is 108 cm³/mol. The Labute approximate surface area is 173 Å². The topological polar surface area (TPSA) is 122 Å². The largest absolute Gasteiger partial charge is 0.503 e. The Hall–Kier alpha value is -2.21. The van der Waals surface area contributed by atoms with Crippen LogP contribution in [0.25, 0.3) is 5.00 Å². The van der Waals surface area contributed by atoms with Gasteiger partial charge in [0.2, 0.25) is 10.0 Å². The van der Waals surface area contributed by atoms with Gasteiger partial charge in [0.15, 0.2) is 0 Å². The lowest BCUT2D eigenvalue weighted by Crippen LogP contribution is -2.26. The average Bonchev–Trinajstić information content (AvgIpc) is 3.03. The number of rotatable bonds is 5. The molecule has 28 heavy (non-hydrogen) atoms. The average molecular weight is 486 g/mol. The molecule has 3 N–H and O–H groups in total. The van der Waals surface area contributed by atoms with Gasteiger partial charge < -0.3 is 10.2 Å². The third-order valence-corrected chi connectivity index (χ3v) is 7.40. The minimum Gasteiger partial charge on any atom is -0.450 e. The van der Waals surface area contributed by atoms with E-state index >= 15 is 0 Å². The van der Waals surface area contributed by atoms with Gasteiger partial charge in [-0.05, 0) is 40.0 Å². The molecule has 0 amide bonds. The molecule has 1 aliphatic carbocycles. The maximum absolute atomic E-state index is 12.6. The van der Waals surface area contributed by atoms with Crippen molar-refractivity contribution in [2.45, 2.75) is 22.6 Å². The number of carbonyl (C=O) groups is 1. The summed E-state index contributed by atoms with van der Waals surface area (Å²) in [6.45, 7) is 0. The predicted octanol–water partition coefficient (Wildman–Crippen LogP) is 3.75. The van der Waals surface area contributed by atoms with Crippen molar-refractivity contribution in [3.8, 4) is 5.00 Å². The highest BCUT2D eigenvalue weighted by molar-refractivity contribution is 9.10. The number of aromatic nitrogens is 2. The first-order chi connectivity index (χ1) is 13.3. The molecule has 0 unspecified atom stereocenters. The van der Waals surface area contributed by atoms with Crippen LogP contribution in [0, 0.1) is 0 Å². The monoisotopic (exact) mass is 485 g/mol. The van der Waals surface area contributed by atoms with Gasteiger partial charge in [0.05, 0.1) is 10.7 Å². The lowest BCUT2D eigenvalue weighted by molar-refractivity contribution is 0.137. The fourth-order valence-corrected chi connectivity index (χ4v) is 5.47. The molecule has 4 rings (SSSR count). The summed E-state index contributed by atoms with van der Waals surface area (Å²) in [6, 6.07) is 13.4. The van der Waals surface area contributed by atoms with Crippen LogP contribution in [0.4, 0.5) is 4.79 Å². The molecule has 0 aliphatic heterocycles. The summed E-state index contributed by atoms with van der Waals surface area (Å²) < 4.78 is 30.8. The molecule has 3 aromatic rings. The zero-order valence-corrected chi connectivity index (χ0v) is 17.5. The van der Waals surface area contributed by atoms with E-state index in [4.69, 9.17) is 15.0 Å². The highest BCUT2D eigenvalue weighted by Crippen LogP contribution is 2.41. The molecule has 1 aromatic carbocycles. The third-order valence-electron chi connectivity index (χ3n) is 3.93. The Morgan fingerprint density at radius 1 is 1.21 bits per heavy atom. The van der Waals surface area contributed by atoms with Crippen LogP contribution in [0.15, 0.2) is 63.5 Å². The van der Waals surface area contributed by atoms with Crippen molar-refractivity contribution in [3.05, 3.63) is 64.9 Å². The zero-order chi connectivity index (χ0) is 20.3. The maximum Gasteiger partial charge on any atom is 0.503 e. The van der Waals surface area contributed by atoms with E-state index in [2.05, 4.69) is 25.8 Å². The van der Waals surface area contributed by atoms with Gasteiger partial charge in [-0.15, -0.1) is 11.3 Å². The summed E-state index contributed by atoms with van der Waals surface area (Å²) in [6.07, 6.45) is 2.47. The van der Waals surface area contributed by atoms with Crippen molar-refractivity contribution < 1.29 is 23.4 Å². The van der Waals surface area contributed by atoms with Gasteiger partial charge in [0.1, 0.15) is 9.21 Å². The molecule has 148 valence electrons. The third kappa shape index (κ3) is 5.19. The van der Waals surface area contributed by atoms with E-state index in [9.17, 15) is 8.42 Å². The molecule has 2 heterocycles. The number of nitrogens with one attached hydrogen (secondary N) is 1. The van der Waals surface area contributed by atoms with E-state index in [0.717, 1.165) is 15.9 Å². The lowest BCUT2D eigenvalue weighted by atomic mass is 10.1. The Morgan fingerprint density at radius 2 is 1.89 bits per heavy atom. The smallest absolute Gasteiger partial charge is 0.450 e. The second-order valence-electron chi connectivity index (χ2n) is 5.96. The molecule has 0 saturated heterocycles. The van der Waals surface area contributed by atoms with Gasteiger partial charge in [-0.1, -0.05) is 30.3 Å². The van der Waals surface area contributed by atoms with Crippen LogP contribution in [0.3, 0.4) is 0 Å². The normalized spacial score (nSPS) is 18.2. The van der Waals surface area contributed by atoms with Crippen LogP contribution >= 0.6 is 27.3 Å². The van der Waals surface area contributed by atoms with Gasteiger partial charge in [0, 0.05) is 18.2 Å². The molecule has 1 aliphatic rings. The molecular weight excluding hydrogens is 470 g/mol. The van der Waals surface area contributed by atoms with Crippen LogP contribution in [0.5, 0.6) is 0 Å². The van der Waals surface area contributed by atoms with Crippen LogP contribution < -0.4 is 4.72 Å². The first-order valence-electron chi connectivity index (χ1n) is 8.06. The summed E-state index contributed by atoms with van der Waals surface area (Å²) in [5, 5.41) is 18.9. The Kier molecular flexibility index (Phi) is 6.18. The van der Waals surface area contributed by atoms with E-state index in [1.807, 2.05) is 30.3 Å². The lowest BCUT2D eigenvalue weighted by Gasteiger charge is -2.04. The highest BCUT2D eigenvalue weighted by atomic mass is 79.9. The van der Waals surface area contributed by atoms with Gasteiger partial charge in [-0.2, -0.15) is 5.10 Å². The number of carboxylic acid groups (broad SMARTS) is 2. The molecule has 11 heteroatoms. The number of halogens is 1. The molecule has 0 bridgehead atoms. The second-order valence-corrected chi connectivity index (χ2v) is 9.88. The second kappa shape index (κ2) is 8.43. The van der Waals surface area contributed by atoms with Crippen molar-refractivity contribution in [3.63, 3.8) is 0 Å². The number of hydrogen-bond acceptors (Lipinski definition) is 5. The molecule has 8 nitrogen and oxygen atoms in total. The number of benzene rings is 1. The quantitative estimate of drug-likeness (QED) is 0.505. The zero-order valence-electron chi connectivity index (χ0n) is 14.3. The van der Waals surface area contributed by atoms with Crippen molar-refractivity contribution >= 4 is 43.4 Å². The summed E-state index contributed by atoms with van der Waals surface area (Å²) in [4.78, 5) is 8.56. The summed E-state index contributed by atoms with van der Waals surface area (Å²) >= 11 is 4.54. The minimum atomic E-state index is -3.50. The van der Waals surface area contributed by atoms with E-state index < -0.39 is 16.2 Å². The first-order valence-corrected chi connectivity index (χ1v) is 11.1. The molecule has 2 aromatic heterocycles. The van der Waals surface area contributed by atoms with Crippen molar-refractivity contribution in [1.82, 2.24) is 14.5 Å². The minimum absolute atomic E-state index is 0.0261. The summed E-state index contributed by atoms with van der Waals surface area (Å²) in [5.74, 6) is 0.266. The molecular formula is C17H16BrN3O5S2. The number of sulfonamides is 1. The van der Waals surface area contributed by atoms with Crippen LogP contribution in [-0.4, -0.2) is 40.6 Å². The van der Waals surface area contributed by atoms with Gasteiger partial charge >= 0.3 is 6.16 Å². The Bertz CT molecular complexity index is 1060.